The fourth-order valence-corrected chi connectivity index (χ4v) is 7.49. The fraction of sp³-hybridized carbons (Fsp3) is 1.00. The molecule has 6 fully saturated rings. The van der Waals surface area contributed by atoms with Crippen molar-refractivity contribution in [2.45, 2.75) is 95.6 Å². The SMILES string of the molecule is C1CCC2(C1)CCC(NC1C3CC4CC(C3)CC1C4)CC2. The van der Waals surface area contributed by atoms with E-state index in [2.05, 4.69) is 5.32 Å². The number of hydrogen-bond donors (Lipinski definition) is 1. The number of rotatable bonds is 2. The van der Waals surface area contributed by atoms with E-state index in [1.165, 1.54) is 38.5 Å². The van der Waals surface area contributed by atoms with Crippen molar-refractivity contribution in [1.82, 2.24) is 5.32 Å². The van der Waals surface area contributed by atoms with Crippen LogP contribution in [0.5, 0.6) is 0 Å². The molecule has 4 bridgehead atoms. The molecule has 0 atom stereocenters. The molecule has 0 unspecified atom stereocenters. The Balaban J connectivity index is 1.21. The lowest BCUT2D eigenvalue weighted by molar-refractivity contribution is -0.0213. The largest absolute Gasteiger partial charge is 0.311 e. The topological polar surface area (TPSA) is 12.0 Å². The predicted molar refractivity (Wildman–Crippen MR) is 87.1 cm³/mol. The first-order valence-electron chi connectivity index (χ1n) is 10.1. The smallest absolute Gasteiger partial charge is 0.0127 e. The summed E-state index contributed by atoms with van der Waals surface area (Å²) in [6, 6.07) is 1.79. The van der Waals surface area contributed by atoms with E-state index in [0.717, 1.165) is 41.2 Å². The monoisotopic (exact) mass is 287 g/mol. The first-order chi connectivity index (χ1) is 10.3. The van der Waals surface area contributed by atoms with Crippen LogP contribution in [0.25, 0.3) is 0 Å². The Labute approximate surface area is 130 Å². The maximum absolute atomic E-state index is 4.21. The van der Waals surface area contributed by atoms with Gasteiger partial charge in [0.2, 0.25) is 0 Å². The maximum atomic E-state index is 4.21. The van der Waals surface area contributed by atoms with Gasteiger partial charge in [0.25, 0.3) is 0 Å². The van der Waals surface area contributed by atoms with Crippen molar-refractivity contribution in [2.75, 3.05) is 0 Å². The summed E-state index contributed by atoms with van der Waals surface area (Å²) in [5.41, 5.74) is 0.808. The Morgan fingerprint density at radius 1 is 0.667 bits per heavy atom. The second-order valence-corrected chi connectivity index (χ2v) is 9.60. The molecule has 1 spiro atoms. The molecule has 1 N–H and O–H groups in total. The molecule has 0 aromatic rings. The van der Waals surface area contributed by atoms with E-state index in [4.69, 9.17) is 0 Å². The molecule has 1 nitrogen and oxygen atoms in total. The standard InChI is InChI=1S/C20H33N/c1-2-6-20(5-1)7-3-18(4-8-20)21-19-16-10-14-9-15(12-16)13-17(19)11-14/h14-19,21H,1-13H2. The summed E-state index contributed by atoms with van der Waals surface area (Å²) in [5.74, 6) is 4.37. The third kappa shape index (κ3) is 2.30. The Morgan fingerprint density at radius 3 is 1.81 bits per heavy atom. The van der Waals surface area contributed by atoms with Crippen LogP contribution in [0.4, 0.5) is 0 Å². The third-order valence-electron chi connectivity index (χ3n) is 8.37. The second-order valence-electron chi connectivity index (χ2n) is 9.60. The molecule has 6 aliphatic carbocycles. The van der Waals surface area contributed by atoms with Gasteiger partial charge in [-0.2, -0.15) is 0 Å². The Bertz CT molecular complexity index is 357. The molecule has 6 saturated carbocycles. The highest BCUT2D eigenvalue weighted by atomic mass is 15.0. The van der Waals surface area contributed by atoms with Crippen molar-refractivity contribution < 1.29 is 0 Å². The van der Waals surface area contributed by atoms with E-state index in [0.29, 0.717) is 0 Å². The zero-order valence-corrected chi connectivity index (χ0v) is 13.7. The highest BCUT2D eigenvalue weighted by molar-refractivity contribution is 5.03. The Kier molecular flexibility index (Phi) is 3.18. The molecule has 6 rings (SSSR count). The lowest BCUT2D eigenvalue weighted by Gasteiger charge is -2.55. The average Bonchev–Trinajstić information content (AvgIpc) is 2.93. The van der Waals surface area contributed by atoms with Gasteiger partial charge in [-0.3, -0.25) is 0 Å². The number of hydrogen-bond acceptors (Lipinski definition) is 1. The zero-order chi connectivity index (χ0) is 13.9. The van der Waals surface area contributed by atoms with Crippen molar-refractivity contribution in [1.29, 1.82) is 0 Å². The van der Waals surface area contributed by atoms with Crippen molar-refractivity contribution in [3.63, 3.8) is 0 Å². The van der Waals surface area contributed by atoms with Gasteiger partial charge in [-0.15, -0.1) is 0 Å². The second kappa shape index (κ2) is 4.98. The molecular weight excluding hydrogens is 254 g/mol. The highest BCUT2D eigenvalue weighted by Gasteiger charge is 2.49. The summed E-state index contributed by atoms with van der Waals surface area (Å²) in [5, 5.41) is 4.21. The molecule has 0 heterocycles. The van der Waals surface area contributed by atoms with Crippen molar-refractivity contribution in [2.24, 2.45) is 29.1 Å². The van der Waals surface area contributed by atoms with Crippen molar-refractivity contribution >= 4 is 0 Å². The lowest BCUT2D eigenvalue weighted by atomic mass is 9.54. The van der Waals surface area contributed by atoms with Gasteiger partial charge in [-0.25, -0.2) is 0 Å². The molecule has 0 radical (unpaired) electrons. The molecule has 21 heavy (non-hydrogen) atoms. The summed E-state index contributed by atoms with van der Waals surface area (Å²) in [6.07, 6.45) is 20.1. The molecule has 0 amide bonds. The van der Waals surface area contributed by atoms with Crippen LogP contribution in [-0.4, -0.2) is 12.1 Å². The first-order valence-corrected chi connectivity index (χ1v) is 10.1. The van der Waals surface area contributed by atoms with E-state index >= 15 is 0 Å². The Hall–Kier alpha value is -0.0400. The van der Waals surface area contributed by atoms with Gasteiger partial charge in [0.05, 0.1) is 0 Å². The van der Waals surface area contributed by atoms with E-state index in [1.54, 1.807) is 44.9 Å². The molecule has 118 valence electrons. The van der Waals surface area contributed by atoms with E-state index in [9.17, 15) is 0 Å². The molecule has 0 aromatic heterocycles. The van der Waals surface area contributed by atoms with Crippen LogP contribution in [0.1, 0.15) is 83.5 Å². The van der Waals surface area contributed by atoms with Crippen LogP contribution in [0.2, 0.25) is 0 Å². The van der Waals surface area contributed by atoms with Crippen LogP contribution in [-0.2, 0) is 0 Å². The molecular formula is C20H33N. The molecule has 0 saturated heterocycles. The normalized spacial score (nSPS) is 48.3. The van der Waals surface area contributed by atoms with Gasteiger partial charge in [-0.1, -0.05) is 12.8 Å². The van der Waals surface area contributed by atoms with E-state index in [-0.39, 0.29) is 0 Å². The summed E-state index contributed by atoms with van der Waals surface area (Å²) < 4.78 is 0. The van der Waals surface area contributed by atoms with Gasteiger partial charge >= 0.3 is 0 Å². The molecule has 0 aliphatic heterocycles. The maximum Gasteiger partial charge on any atom is 0.0127 e. The molecule has 6 aliphatic rings. The molecule has 1 heteroatoms. The van der Waals surface area contributed by atoms with Crippen molar-refractivity contribution in [3.8, 4) is 0 Å². The van der Waals surface area contributed by atoms with E-state index < -0.39 is 0 Å². The number of nitrogens with one attached hydrogen (secondary N) is 1. The van der Waals surface area contributed by atoms with Crippen LogP contribution in [0.15, 0.2) is 0 Å². The summed E-state index contributed by atoms with van der Waals surface area (Å²) in [6.45, 7) is 0. The summed E-state index contributed by atoms with van der Waals surface area (Å²) >= 11 is 0. The minimum atomic E-state index is 0.808. The zero-order valence-electron chi connectivity index (χ0n) is 13.7. The van der Waals surface area contributed by atoms with E-state index in [1.807, 2.05) is 0 Å². The van der Waals surface area contributed by atoms with Gasteiger partial charge in [0.15, 0.2) is 0 Å². The van der Waals surface area contributed by atoms with Gasteiger partial charge < -0.3 is 5.32 Å². The van der Waals surface area contributed by atoms with Crippen LogP contribution < -0.4 is 5.32 Å². The minimum absolute atomic E-state index is 0.808. The predicted octanol–water partition coefficient (Wildman–Crippen LogP) is 4.90. The quantitative estimate of drug-likeness (QED) is 0.761. The summed E-state index contributed by atoms with van der Waals surface area (Å²) in [7, 11) is 0. The van der Waals surface area contributed by atoms with Gasteiger partial charge in [0, 0.05) is 12.1 Å². The van der Waals surface area contributed by atoms with Gasteiger partial charge in [-0.05, 0) is 99.7 Å². The van der Waals surface area contributed by atoms with Crippen LogP contribution >= 0.6 is 0 Å². The first kappa shape index (κ1) is 13.4. The summed E-state index contributed by atoms with van der Waals surface area (Å²) in [4.78, 5) is 0. The third-order valence-corrected chi connectivity index (χ3v) is 8.37. The minimum Gasteiger partial charge on any atom is -0.311 e. The lowest BCUT2D eigenvalue weighted by Crippen LogP contribution is -2.57. The van der Waals surface area contributed by atoms with Crippen molar-refractivity contribution in [3.05, 3.63) is 0 Å². The van der Waals surface area contributed by atoms with Crippen LogP contribution in [0, 0.1) is 29.1 Å². The molecule has 0 aromatic carbocycles. The van der Waals surface area contributed by atoms with Crippen LogP contribution in [0.3, 0.4) is 0 Å². The highest BCUT2D eigenvalue weighted by Crippen LogP contribution is 2.54. The fourth-order valence-electron chi connectivity index (χ4n) is 7.49. The average molecular weight is 287 g/mol. The Morgan fingerprint density at radius 2 is 1.24 bits per heavy atom. The van der Waals surface area contributed by atoms with Gasteiger partial charge in [0.1, 0.15) is 0 Å².